The first-order valence-corrected chi connectivity index (χ1v) is 8.12. The molecule has 0 saturated heterocycles. The third-order valence-electron chi connectivity index (χ3n) is 3.83. The molecule has 1 amide bonds. The second-order valence-corrected chi connectivity index (χ2v) is 6.15. The highest BCUT2D eigenvalue weighted by Crippen LogP contribution is 2.22. The van der Waals surface area contributed by atoms with Gasteiger partial charge in [0.2, 0.25) is 0 Å². The zero-order valence-electron chi connectivity index (χ0n) is 14.4. The Labute approximate surface area is 146 Å². The molecule has 1 N–H and O–H groups in total. The monoisotopic (exact) mass is 336 g/mol. The van der Waals surface area contributed by atoms with Gasteiger partial charge in [0.15, 0.2) is 0 Å². The van der Waals surface area contributed by atoms with E-state index in [-0.39, 0.29) is 6.10 Å². The fourth-order valence-corrected chi connectivity index (χ4v) is 2.72. The van der Waals surface area contributed by atoms with E-state index in [2.05, 4.69) is 5.32 Å². The number of benzene rings is 2. The van der Waals surface area contributed by atoms with Crippen LogP contribution in [0, 0.1) is 0 Å². The highest BCUT2D eigenvalue weighted by molar-refractivity contribution is 6.48. The lowest BCUT2D eigenvalue weighted by Crippen LogP contribution is -2.22. The minimum Gasteiger partial charge on any atom is -0.491 e. The molecule has 5 heteroatoms. The standard InChI is InChI=1S/C20H20N2O3/c1-13(2)25-15-10-8-14(9-11-15)21-20(24)19(23)17-12-22(3)18-7-5-4-6-16(17)18/h4-13H,1-3H3,(H,21,24). The number of hydrogen-bond acceptors (Lipinski definition) is 3. The van der Waals surface area contributed by atoms with E-state index in [9.17, 15) is 9.59 Å². The van der Waals surface area contributed by atoms with E-state index < -0.39 is 11.7 Å². The van der Waals surface area contributed by atoms with Crippen molar-refractivity contribution in [2.75, 3.05) is 5.32 Å². The number of aromatic nitrogens is 1. The summed E-state index contributed by atoms with van der Waals surface area (Å²) in [7, 11) is 1.85. The number of fused-ring (bicyclic) bond motifs is 1. The van der Waals surface area contributed by atoms with Crippen LogP contribution in [0.2, 0.25) is 0 Å². The van der Waals surface area contributed by atoms with Gasteiger partial charge in [0, 0.05) is 29.8 Å². The molecule has 0 unspecified atom stereocenters. The van der Waals surface area contributed by atoms with Crippen molar-refractivity contribution in [3.8, 4) is 5.75 Å². The Morgan fingerprint density at radius 3 is 2.40 bits per heavy atom. The highest BCUT2D eigenvalue weighted by atomic mass is 16.5. The average Bonchev–Trinajstić information content (AvgIpc) is 2.93. The first-order valence-electron chi connectivity index (χ1n) is 8.12. The van der Waals surface area contributed by atoms with Crippen LogP contribution in [0.25, 0.3) is 10.9 Å². The predicted molar refractivity (Wildman–Crippen MR) is 98.1 cm³/mol. The van der Waals surface area contributed by atoms with Crippen molar-refractivity contribution in [3.05, 3.63) is 60.3 Å². The van der Waals surface area contributed by atoms with Gasteiger partial charge in [0.25, 0.3) is 11.7 Å². The number of ketones is 1. The first-order chi connectivity index (χ1) is 12.0. The van der Waals surface area contributed by atoms with Gasteiger partial charge in [-0.1, -0.05) is 18.2 Å². The van der Waals surface area contributed by atoms with E-state index in [4.69, 9.17) is 4.74 Å². The molecule has 0 spiro atoms. The maximum Gasteiger partial charge on any atom is 0.296 e. The summed E-state index contributed by atoms with van der Waals surface area (Å²) in [5, 5.41) is 3.41. The summed E-state index contributed by atoms with van der Waals surface area (Å²) in [5.41, 5.74) is 1.86. The van der Waals surface area contributed by atoms with Crippen molar-refractivity contribution in [2.45, 2.75) is 20.0 Å². The van der Waals surface area contributed by atoms with Gasteiger partial charge in [-0.3, -0.25) is 9.59 Å². The third-order valence-corrected chi connectivity index (χ3v) is 3.83. The van der Waals surface area contributed by atoms with Crippen LogP contribution < -0.4 is 10.1 Å². The lowest BCUT2D eigenvalue weighted by molar-refractivity contribution is -0.112. The van der Waals surface area contributed by atoms with Crippen molar-refractivity contribution in [1.82, 2.24) is 4.57 Å². The number of carbonyl (C=O) groups excluding carboxylic acids is 2. The van der Waals surface area contributed by atoms with E-state index in [1.54, 1.807) is 30.5 Å². The molecular formula is C20H20N2O3. The van der Waals surface area contributed by atoms with Crippen LogP contribution >= 0.6 is 0 Å². The van der Waals surface area contributed by atoms with Crippen molar-refractivity contribution in [1.29, 1.82) is 0 Å². The number of hydrogen-bond donors (Lipinski definition) is 1. The zero-order valence-corrected chi connectivity index (χ0v) is 14.4. The van der Waals surface area contributed by atoms with Crippen LogP contribution in [0.4, 0.5) is 5.69 Å². The first kappa shape index (κ1) is 16.8. The van der Waals surface area contributed by atoms with E-state index in [0.717, 1.165) is 10.9 Å². The Morgan fingerprint density at radius 2 is 1.72 bits per heavy atom. The Morgan fingerprint density at radius 1 is 1.04 bits per heavy atom. The van der Waals surface area contributed by atoms with Crippen LogP contribution in [-0.2, 0) is 11.8 Å². The van der Waals surface area contributed by atoms with E-state index >= 15 is 0 Å². The summed E-state index contributed by atoms with van der Waals surface area (Å²) in [4.78, 5) is 24.9. The van der Waals surface area contributed by atoms with Crippen LogP contribution in [0.15, 0.2) is 54.7 Å². The molecule has 3 rings (SSSR count). The SMILES string of the molecule is CC(C)Oc1ccc(NC(=O)C(=O)c2cn(C)c3ccccc23)cc1. The largest absolute Gasteiger partial charge is 0.491 e. The van der Waals surface area contributed by atoms with Crippen LogP contribution in [0.5, 0.6) is 5.75 Å². The number of rotatable bonds is 5. The van der Waals surface area contributed by atoms with Crippen molar-refractivity contribution in [3.63, 3.8) is 0 Å². The van der Waals surface area contributed by atoms with E-state index in [0.29, 0.717) is 17.0 Å². The van der Waals surface area contributed by atoms with Gasteiger partial charge in [-0.15, -0.1) is 0 Å². The number of carbonyl (C=O) groups is 2. The normalized spacial score (nSPS) is 10.9. The minimum absolute atomic E-state index is 0.0772. The summed E-state index contributed by atoms with van der Waals surface area (Å²) < 4.78 is 7.40. The highest BCUT2D eigenvalue weighted by Gasteiger charge is 2.21. The topological polar surface area (TPSA) is 60.3 Å². The Balaban J connectivity index is 1.77. The number of para-hydroxylation sites is 1. The quantitative estimate of drug-likeness (QED) is 0.570. The summed E-state index contributed by atoms with van der Waals surface area (Å²) in [6, 6.07) is 14.5. The molecule has 0 aliphatic carbocycles. The Bertz CT molecular complexity index is 924. The lowest BCUT2D eigenvalue weighted by Gasteiger charge is -2.10. The number of Topliss-reactive ketones (excluding diaryl/α,β-unsaturated/α-hetero) is 1. The molecule has 0 bridgehead atoms. The smallest absolute Gasteiger partial charge is 0.296 e. The predicted octanol–water partition coefficient (Wildman–Crippen LogP) is 3.79. The molecule has 1 aromatic heterocycles. The van der Waals surface area contributed by atoms with Crippen molar-refractivity contribution in [2.24, 2.45) is 7.05 Å². The van der Waals surface area contributed by atoms with Gasteiger partial charge < -0.3 is 14.6 Å². The van der Waals surface area contributed by atoms with E-state index in [1.165, 1.54) is 0 Å². The molecular weight excluding hydrogens is 316 g/mol. The van der Waals surface area contributed by atoms with Crippen LogP contribution in [-0.4, -0.2) is 22.4 Å². The molecule has 5 nitrogen and oxygen atoms in total. The molecule has 0 aliphatic heterocycles. The van der Waals surface area contributed by atoms with Crippen molar-refractivity contribution >= 4 is 28.3 Å². The molecule has 0 radical (unpaired) electrons. The fourth-order valence-electron chi connectivity index (χ4n) is 2.72. The van der Waals surface area contributed by atoms with Crippen molar-refractivity contribution < 1.29 is 14.3 Å². The lowest BCUT2D eigenvalue weighted by atomic mass is 10.1. The molecule has 128 valence electrons. The number of anilines is 1. The van der Waals surface area contributed by atoms with Gasteiger partial charge >= 0.3 is 0 Å². The molecule has 25 heavy (non-hydrogen) atoms. The summed E-state index contributed by atoms with van der Waals surface area (Å²) in [6.45, 7) is 3.89. The summed E-state index contributed by atoms with van der Waals surface area (Å²) >= 11 is 0. The molecule has 0 saturated carbocycles. The van der Waals surface area contributed by atoms with Crippen LogP contribution in [0.1, 0.15) is 24.2 Å². The molecule has 0 atom stereocenters. The maximum absolute atomic E-state index is 12.5. The van der Waals surface area contributed by atoms with Gasteiger partial charge in [0.05, 0.1) is 11.7 Å². The Kier molecular flexibility index (Phi) is 4.57. The third kappa shape index (κ3) is 3.55. The molecule has 0 aliphatic rings. The second-order valence-electron chi connectivity index (χ2n) is 6.15. The summed E-state index contributed by atoms with van der Waals surface area (Å²) in [5.74, 6) is -0.499. The fraction of sp³-hybridized carbons (Fsp3) is 0.200. The number of nitrogens with zero attached hydrogens (tertiary/aromatic N) is 1. The Hall–Kier alpha value is -3.08. The van der Waals surface area contributed by atoms with Gasteiger partial charge in [-0.05, 0) is 44.2 Å². The van der Waals surface area contributed by atoms with Gasteiger partial charge in [0.1, 0.15) is 5.75 Å². The van der Waals surface area contributed by atoms with Gasteiger partial charge in [-0.2, -0.15) is 0 Å². The minimum atomic E-state index is -0.658. The maximum atomic E-state index is 12.5. The van der Waals surface area contributed by atoms with Crippen LogP contribution in [0.3, 0.4) is 0 Å². The molecule has 2 aromatic carbocycles. The number of aryl methyl sites for hydroxylation is 1. The summed E-state index contributed by atoms with van der Waals surface area (Å²) in [6.07, 6.45) is 1.76. The number of amides is 1. The number of nitrogens with one attached hydrogen (secondary N) is 1. The molecule has 0 fully saturated rings. The number of ether oxygens (including phenoxy) is 1. The molecule has 3 aromatic rings. The van der Waals surface area contributed by atoms with Gasteiger partial charge in [-0.25, -0.2) is 0 Å². The second kappa shape index (κ2) is 6.81. The van der Waals surface area contributed by atoms with E-state index in [1.807, 2.05) is 49.7 Å². The molecule has 1 heterocycles. The average molecular weight is 336 g/mol. The zero-order chi connectivity index (χ0) is 18.0.